The summed E-state index contributed by atoms with van der Waals surface area (Å²) in [6, 6.07) is 7.37. The summed E-state index contributed by atoms with van der Waals surface area (Å²) in [6.07, 6.45) is 1.54. The Bertz CT molecular complexity index is 729. The number of nitrogen functional groups attached to an aromatic ring is 1. The standard InChI is InChI=1S/C19H28N6O2/c1-13-11-24(15-5-7-23(8-6-15)17(26)10-20)19(27)25(12-13)16-4-2-3-14(9-16)18(21)22/h2-4,9,13,15H,5-8,10-12,20H2,1H3,(H3,21,22). The molecule has 5 N–H and O–H groups in total. The van der Waals surface area contributed by atoms with E-state index in [9.17, 15) is 9.59 Å². The first-order valence-electron chi connectivity index (χ1n) is 9.41. The van der Waals surface area contributed by atoms with Crippen molar-refractivity contribution in [1.29, 1.82) is 5.41 Å². The topological polar surface area (TPSA) is 120 Å². The van der Waals surface area contributed by atoms with Gasteiger partial charge in [0.05, 0.1) is 6.54 Å². The fourth-order valence-corrected chi connectivity index (χ4v) is 3.93. The molecule has 0 saturated carbocycles. The Labute approximate surface area is 159 Å². The lowest BCUT2D eigenvalue weighted by atomic mass is 9.99. The first-order valence-corrected chi connectivity index (χ1v) is 9.41. The molecular formula is C19H28N6O2. The third-order valence-corrected chi connectivity index (χ3v) is 5.38. The third kappa shape index (κ3) is 4.05. The van der Waals surface area contributed by atoms with Crippen LogP contribution in [0.4, 0.5) is 10.5 Å². The van der Waals surface area contributed by atoms with Crippen molar-refractivity contribution >= 4 is 23.5 Å². The Hall–Kier alpha value is -2.61. The first kappa shape index (κ1) is 19.2. The molecule has 8 nitrogen and oxygen atoms in total. The van der Waals surface area contributed by atoms with Crippen LogP contribution in [0.2, 0.25) is 0 Å². The highest BCUT2D eigenvalue weighted by molar-refractivity contribution is 5.98. The molecule has 2 aliphatic rings. The second-order valence-electron chi connectivity index (χ2n) is 7.43. The normalized spacial score (nSPS) is 21.5. The van der Waals surface area contributed by atoms with E-state index in [1.807, 2.05) is 17.0 Å². The number of benzene rings is 1. The van der Waals surface area contributed by atoms with Crippen LogP contribution in [-0.4, -0.2) is 66.3 Å². The van der Waals surface area contributed by atoms with Gasteiger partial charge in [0.1, 0.15) is 5.84 Å². The molecule has 0 bridgehead atoms. The molecule has 2 heterocycles. The molecule has 27 heavy (non-hydrogen) atoms. The smallest absolute Gasteiger partial charge is 0.324 e. The fraction of sp³-hybridized carbons (Fsp3) is 0.526. The predicted octanol–water partition coefficient (Wildman–Crippen LogP) is 0.798. The van der Waals surface area contributed by atoms with Crippen molar-refractivity contribution in [2.75, 3.05) is 37.6 Å². The van der Waals surface area contributed by atoms with Gasteiger partial charge in [-0.1, -0.05) is 19.1 Å². The highest BCUT2D eigenvalue weighted by Gasteiger charge is 2.36. The van der Waals surface area contributed by atoms with Crippen LogP contribution >= 0.6 is 0 Å². The Morgan fingerprint density at radius 2 is 1.96 bits per heavy atom. The molecule has 1 atom stereocenters. The summed E-state index contributed by atoms with van der Waals surface area (Å²) in [4.78, 5) is 30.5. The molecule has 1 unspecified atom stereocenters. The molecule has 0 aromatic heterocycles. The number of rotatable bonds is 4. The number of piperidine rings is 1. The van der Waals surface area contributed by atoms with E-state index in [2.05, 4.69) is 6.92 Å². The molecule has 2 saturated heterocycles. The number of hydrogen-bond donors (Lipinski definition) is 3. The monoisotopic (exact) mass is 372 g/mol. The summed E-state index contributed by atoms with van der Waals surface area (Å²) in [5.41, 5.74) is 12.4. The van der Waals surface area contributed by atoms with Crippen LogP contribution in [0.3, 0.4) is 0 Å². The number of amidine groups is 1. The van der Waals surface area contributed by atoms with Crippen LogP contribution in [0.5, 0.6) is 0 Å². The summed E-state index contributed by atoms with van der Waals surface area (Å²) in [7, 11) is 0. The van der Waals surface area contributed by atoms with Crippen LogP contribution in [0, 0.1) is 11.3 Å². The van der Waals surface area contributed by atoms with E-state index in [1.54, 1.807) is 21.9 Å². The Morgan fingerprint density at radius 1 is 1.26 bits per heavy atom. The van der Waals surface area contributed by atoms with E-state index in [0.717, 1.165) is 25.1 Å². The van der Waals surface area contributed by atoms with Crippen LogP contribution in [0.25, 0.3) is 0 Å². The van der Waals surface area contributed by atoms with Gasteiger partial charge in [0.25, 0.3) is 0 Å². The number of nitrogens with one attached hydrogen (secondary N) is 1. The molecule has 0 spiro atoms. The van der Waals surface area contributed by atoms with E-state index in [4.69, 9.17) is 16.9 Å². The molecule has 2 aliphatic heterocycles. The number of carbonyl (C=O) groups is 2. The van der Waals surface area contributed by atoms with Crippen molar-refractivity contribution in [2.45, 2.75) is 25.8 Å². The van der Waals surface area contributed by atoms with Gasteiger partial charge >= 0.3 is 6.03 Å². The average Bonchev–Trinajstić information content (AvgIpc) is 2.69. The molecule has 146 valence electrons. The Kier molecular flexibility index (Phi) is 5.65. The van der Waals surface area contributed by atoms with Gasteiger partial charge in [-0.2, -0.15) is 0 Å². The van der Waals surface area contributed by atoms with Crippen molar-refractivity contribution < 1.29 is 9.59 Å². The zero-order valence-corrected chi connectivity index (χ0v) is 15.7. The molecule has 0 radical (unpaired) electrons. The van der Waals surface area contributed by atoms with E-state index in [1.165, 1.54) is 0 Å². The summed E-state index contributed by atoms with van der Waals surface area (Å²) < 4.78 is 0. The van der Waals surface area contributed by atoms with Crippen molar-refractivity contribution in [3.8, 4) is 0 Å². The van der Waals surface area contributed by atoms with E-state index in [0.29, 0.717) is 31.1 Å². The Balaban J connectivity index is 1.75. The van der Waals surface area contributed by atoms with Crippen molar-refractivity contribution in [3.63, 3.8) is 0 Å². The van der Waals surface area contributed by atoms with E-state index in [-0.39, 0.29) is 30.4 Å². The fourth-order valence-electron chi connectivity index (χ4n) is 3.93. The van der Waals surface area contributed by atoms with Crippen LogP contribution in [0.15, 0.2) is 24.3 Å². The SMILES string of the molecule is CC1CN(c2cccc(C(=N)N)c2)C(=O)N(C2CCN(C(=O)CN)CC2)C1. The van der Waals surface area contributed by atoms with Gasteiger partial charge in [-0.15, -0.1) is 0 Å². The number of hydrogen-bond acceptors (Lipinski definition) is 4. The minimum atomic E-state index is -0.0329. The number of amides is 3. The molecule has 2 fully saturated rings. The van der Waals surface area contributed by atoms with Gasteiger partial charge in [-0.3, -0.25) is 15.1 Å². The van der Waals surface area contributed by atoms with Crippen molar-refractivity contribution in [3.05, 3.63) is 29.8 Å². The maximum Gasteiger partial charge on any atom is 0.324 e. The number of anilines is 1. The number of urea groups is 1. The molecule has 8 heteroatoms. The third-order valence-electron chi connectivity index (χ3n) is 5.38. The van der Waals surface area contributed by atoms with Gasteiger partial charge in [-0.05, 0) is 30.9 Å². The van der Waals surface area contributed by atoms with Crippen molar-refractivity contribution in [1.82, 2.24) is 9.80 Å². The number of nitrogens with two attached hydrogens (primary N) is 2. The molecule has 0 aliphatic carbocycles. The zero-order valence-electron chi connectivity index (χ0n) is 15.7. The number of likely N-dealkylation sites (tertiary alicyclic amines) is 1. The molecule has 3 rings (SSSR count). The van der Waals surface area contributed by atoms with Gasteiger partial charge in [-0.25, -0.2) is 4.79 Å². The molecule has 1 aromatic carbocycles. The minimum absolute atomic E-state index is 0.0110. The summed E-state index contributed by atoms with van der Waals surface area (Å²) >= 11 is 0. The summed E-state index contributed by atoms with van der Waals surface area (Å²) in [5, 5.41) is 7.63. The second kappa shape index (κ2) is 7.96. The summed E-state index contributed by atoms with van der Waals surface area (Å²) in [5.74, 6) is 0.282. The van der Waals surface area contributed by atoms with Crippen molar-refractivity contribution in [2.24, 2.45) is 17.4 Å². The summed E-state index contributed by atoms with van der Waals surface area (Å²) in [6.45, 7) is 4.80. The van der Waals surface area contributed by atoms with Gasteiger partial charge in [0, 0.05) is 43.5 Å². The highest BCUT2D eigenvalue weighted by Crippen LogP contribution is 2.27. The minimum Gasteiger partial charge on any atom is -0.384 e. The van der Waals surface area contributed by atoms with Gasteiger partial charge in [0.2, 0.25) is 5.91 Å². The Morgan fingerprint density at radius 3 is 2.59 bits per heavy atom. The first-order chi connectivity index (χ1) is 12.9. The van der Waals surface area contributed by atoms with Gasteiger partial charge in [0.15, 0.2) is 0 Å². The molecule has 1 aromatic rings. The second-order valence-corrected chi connectivity index (χ2v) is 7.43. The van der Waals surface area contributed by atoms with Gasteiger partial charge < -0.3 is 21.3 Å². The number of nitrogens with zero attached hydrogens (tertiary/aromatic N) is 3. The molecule has 3 amide bonds. The average molecular weight is 372 g/mol. The largest absolute Gasteiger partial charge is 0.384 e. The lowest BCUT2D eigenvalue weighted by molar-refractivity contribution is -0.131. The maximum absolute atomic E-state index is 13.2. The maximum atomic E-state index is 13.2. The highest BCUT2D eigenvalue weighted by atomic mass is 16.2. The lowest BCUT2D eigenvalue weighted by Gasteiger charge is -2.45. The predicted molar refractivity (Wildman–Crippen MR) is 105 cm³/mol. The lowest BCUT2D eigenvalue weighted by Crippen LogP contribution is -2.58. The van der Waals surface area contributed by atoms with E-state index >= 15 is 0 Å². The van der Waals surface area contributed by atoms with Crippen LogP contribution < -0.4 is 16.4 Å². The number of carbonyl (C=O) groups excluding carboxylic acids is 2. The van der Waals surface area contributed by atoms with Crippen LogP contribution in [0.1, 0.15) is 25.3 Å². The van der Waals surface area contributed by atoms with E-state index < -0.39 is 0 Å². The quantitative estimate of drug-likeness (QED) is 0.535. The zero-order chi connectivity index (χ0) is 19.6. The van der Waals surface area contributed by atoms with Crippen LogP contribution in [-0.2, 0) is 4.79 Å². The molecular weight excluding hydrogens is 344 g/mol.